The Morgan fingerprint density at radius 3 is 2.85 bits per heavy atom. The Labute approximate surface area is 116 Å². The van der Waals surface area contributed by atoms with Crippen molar-refractivity contribution in [3.8, 4) is 11.4 Å². The molecule has 1 atom stereocenters. The molecule has 106 valence electrons. The molecule has 1 aliphatic heterocycles. The summed E-state index contributed by atoms with van der Waals surface area (Å²) >= 11 is 0. The number of tetrazole rings is 1. The zero-order chi connectivity index (χ0) is 14.2. The first-order valence-corrected chi connectivity index (χ1v) is 8.22. The van der Waals surface area contributed by atoms with E-state index in [9.17, 15) is 8.42 Å². The maximum atomic E-state index is 11.8. The molecule has 20 heavy (non-hydrogen) atoms. The highest BCUT2D eigenvalue weighted by atomic mass is 32.2. The number of nitrogen functional groups attached to an aromatic ring is 1. The normalized spacial score (nSPS) is 21.7. The van der Waals surface area contributed by atoms with Gasteiger partial charge in [0.25, 0.3) is 0 Å². The lowest BCUT2D eigenvalue weighted by Gasteiger charge is -2.22. The Morgan fingerprint density at radius 2 is 2.10 bits per heavy atom. The van der Waals surface area contributed by atoms with Crippen molar-refractivity contribution in [2.45, 2.75) is 18.9 Å². The Hall–Kier alpha value is -1.96. The first-order chi connectivity index (χ1) is 9.57. The molecule has 0 amide bonds. The zero-order valence-corrected chi connectivity index (χ0v) is 11.6. The van der Waals surface area contributed by atoms with Crippen LogP contribution in [0.5, 0.6) is 0 Å². The van der Waals surface area contributed by atoms with Crippen molar-refractivity contribution in [1.82, 2.24) is 20.2 Å². The first-order valence-electron chi connectivity index (χ1n) is 6.40. The van der Waals surface area contributed by atoms with Crippen molar-refractivity contribution in [1.29, 1.82) is 0 Å². The van der Waals surface area contributed by atoms with Crippen LogP contribution in [0, 0.1) is 0 Å². The molecular weight excluding hydrogens is 278 g/mol. The summed E-state index contributed by atoms with van der Waals surface area (Å²) in [5.41, 5.74) is 7.23. The predicted octanol–water partition coefficient (Wildman–Crippen LogP) is 0.672. The SMILES string of the molecule is Nc1ccccc1-c1nnnn1C1CCCS(=O)(=O)C1. The molecule has 0 radical (unpaired) electrons. The van der Waals surface area contributed by atoms with Crippen molar-refractivity contribution in [3.05, 3.63) is 24.3 Å². The quantitative estimate of drug-likeness (QED) is 0.816. The van der Waals surface area contributed by atoms with E-state index in [0.717, 1.165) is 12.0 Å². The number of nitrogens with two attached hydrogens (primary N) is 1. The summed E-state index contributed by atoms with van der Waals surface area (Å²) in [7, 11) is -3.01. The zero-order valence-electron chi connectivity index (χ0n) is 10.8. The third-order valence-corrected chi connectivity index (χ3v) is 5.28. The molecule has 8 heteroatoms. The van der Waals surface area contributed by atoms with Gasteiger partial charge in [-0.05, 0) is 35.4 Å². The van der Waals surface area contributed by atoms with Crippen molar-refractivity contribution in [2.75, 3.05) is 17.2 Å². The van der Waals surface area contributed by atoms with Crippen LogP contribution in [-0.4, -0.2) is 40.1 Å². The van der Waals surface area contributed by atoms with E-state index in [0.29, 0.717) is 17.9 Å². The number of nitrogens with zero attached hydrogens (tertiary/aromatic N) is 4. The third kappa shape index (κ3) is 2.38. The lowest BCUT2D eigenvalue weighted by Crippen LogP contribution is -2.28. The summed E-state index contributed by atoms with van der Waals surface area (Å²) in [5, 5.41) is 11.6. The molecule has 1 unspecified atom stereocenters. The molecule has 3 rings (SSSR count). The van der Waals surface area contributed by atoms with Crippen LogP contribution in [-0.2, 0) is 9.84 Å². The van der Waals surface area contributed by atoms with Gasteiger partial charge in [-0.2, -0.15) is 0 Å². The molecule has 7 nitrogen and oxygen atoms in total. The molecule has 0 saturated carbocycles. The summed E-state index contributed by atoms with van der Waals surface area (Å²) in [4.78, 5) is 0. The van der Waals surface area contributed by atoms with E-state index in [1.165, 1.54) is 0 Å². The van der Waals surface area contributed by atoms with Gasteiger partial charge >= 0.3 is 0 Å². The Morgan fingerprint density at radius 1 is 1.30 bits per heavy atom. The first kappa shape index (κ1) is 13.0. The topological polar surface area (TPSA) is 104 Å². The number of anilines is 1. The largest absolute Gasteiger partial charge is 0.398 e. The predicted molar refractivity (Wildman–Crippen MR) is 74.6 cm³/mol. The van der Waals surface area contributed by atoms with E-state index in [1.807, 2.05) is 18.2 Å². The minimum atomic E-state index is -3.01. The highest BCUT2D eigenvalue weighted by molar-refractivity contribution is 7.91. The maximum Gasteiger partial charge on any atom is 0.184 e. The summed E-state index contributed by atoms with van der Waals surface area (Å²) in [6.07, 6.45) is 1.39. The van der Waals surface area contributed by atoms with E-state index in [2.05, 4.69) is 15.5 Å². The van der Waals surface area contributed by atoms with E-state index in [-0.39, 0.29) is 17.5 Å². The summed E-state index contributed by atoms with van der Waals surface area (Å²) in [5.74, 6) is 0.844. The van der Waals surface area contributed by atoms with E-state index < -0.39 is 9.84 Å². The Bertz CT molecular complexity index is 725. The van der Waals surface area contributed by atoms with E-state index >= 15 is 0 Å². The fraction of sp³-hybridized carbons (Fsp3) is 0.417. The van der Waals surface area contributed by atoms with E-state index in [1.54, 1.807) is 10.7 Å². The number of hydrogen-bond acceptors (Lipinski definition) is 6. The lowest BCUT2D eigenvalue weighted by molar-refractivity contribution is 0.429. The fourth-order valence-electron chi connectivity index (χ4n) is 2.51. The van der Waals surface area contributed by atoms with Crippen LogP contribution >= 0.6 is 0 Å². The van der Waals surface area contributed by atoms with Crippen molar-refractivity contribution in [2.24, 2.45) is 0 Å². The van der Waals surface area contributed by atoms with Gasteiger partial charge < -0.3 is 5.73 Å². The molecule has 1 fully saturated rings. The smallest absolute Gasteiger partial charge is 0.184 e. The minimum absolute atomic E-state index is 0.0811. The van der Waals surface area contributed by atoms with Gasteiger partial charge in [0.15, 0.2) is 15.7 Å². The van der Waals surface area contributed by atoms with Gasteiger partial charge in [-0.25, -0.2) is 13.1 Å². The number of sulfone groups is 1. The molecule has 1 aliphatic rings. The number of para-hydroxylation sites is 1. The second-order valence-corrected chi connectivity index (χ2v) is 7.17. The summed E-state index contributed by atoms with van der Waals surface area (Å²) in [6, 6.07) is 7.06. The van der Waals surface area contributed by atoms with Gasteiger partial charge in [-0.15, -0.1) is 5.10 Å². The summed E-state index contributed by atoms with van der Waals surface area (Å²) < 4.78 is 25.1. The Kier molecular flexibility index (Phi) is 3.17. The van der Waals surface area contributed by atoms with Crippen LogP contribution in [0.1, 0.15) is 18.9 Å². The molecule has 0 spiro atoms. The molecule has 0 aliphatic carbocycles. The van der Waals surface area contributed by atoms with Gasteiger partial charge in [-0.1, -0.05) is 12.1 Å². The standard InChI is InChI=1S/C12H15N5O2S/c13-11-6-2-1-5-10(11)12-14-15-16-17(12)9-4-3-7-20(18,19)8-9/h1-2,5-6,9H,3-4,7-8,13H2. The third-order valence-electron chi connectivity index (χ3n) is 3.48. The minimum Gasteiger partial charge on any atom is -0.398 e. The number of hydrogen-bond donors (Lipinski definition) is 1. The molecule has 1 aromatic heterocycles. The van der Waals surface area contributed by atoms with Crippen molar-refractivity contribution >= 4 is 15.5 Å². The van der Waals surface area contributed by atoms with Crippen molar-refractivity contribution in [3.63, 3.8) is 0 Å². The average molecular weight is 293 g/mol. The molecular formula is C12H15N5O2S. The van der Waals surface area contributed by atoms with Crippen LogP contribution in [0.25, 0.3) is 11.4 Å². The number of rotatable bonds is 2. The number of aromatic nitrogens is 4. The van der Waals surface area contributed by atoms with Gasteiger partial charge in [0.1, 0.15) is 0 Å². The fourth-order valence-corrected chi connectivity index (χ4v) is 4.18. The highest BCUT2D eigenvalue weighted by Gasteiger charge is 2.29. The average Bonchev–Trinajstić information content (AvgIpc) is 2.87. The molecule has 2 N–H and O–H groups in total. The molecule has 1 aromatic carbocycles. The van der Waals surface area contributed by atoms with Gasteiger partial charge in [0.05, 0.1) is 17.5 Å². The van der Waals surface area contributed by atoms with Crippen LogP contribution in [0.15, 0.2) is 24.3 Å². The summed E-state index contributed by atoms with van der Waals surface area (Å²) in [6.45, 7) is 0. The molecule has 0 bridgehead atoms. The van der Waals surface area contributed by atoms with Crippen LogP contribution in [0.4, 0.5) is 5.69 Å². The second kappa shape index (κ2) is 4.86. The molecule has 1 saturated heterocycles. The molecule has 2 heterocycles. The van der Waals surface area contributed by atoms with Crippen LogP contribution in [0.2, 0.25) is 0 Å². The van der Waals surface area contributed by atoms with Gasteiger partial charge in [-0.3, -0.25) is 0 Å². The highest BCUT2D eigenvalue weighted by Crippen LogP contribution is 2.29. The Balaban J connectivity index is 2.01. The van der Waals surface area contributed by atoms with Crippen molar-refractivity contribution < 1.29 is 8.42 Å². The van der Waals surface area contributed by atoms with Crippen LogP contribution < -0.4 is 5.73 Å². The van der Waals surface area contributed by atoms with E-state index in [4.69, 9.17) is 5.73 Å². The van der Waals surface area contributed by atoms with Crippen LogP contribution in [0.3, 0.4) is 0 Å². The monoisotopic (exact) mass is 293 g/mol. The maximum absolute atomic E-state index is 11.8. The van der Waals surface area contributed by atoms with Gasteiger partial charge in [0.2, 0.25) is 0 Å². The molecule has 2 aromatic rings. The second-order valence-electron chi connectivity index (χ2n) is 4.94. The van der Waals surface area contributed by atoms with Gasteiger partial charge in [0, 0.05) is 11.3 Å². The number of benzene rings is 1. The lowest BCUT2D eigenvalue weighted by atomic mass is 10.1.